The normalized spacial score (nSPS) is 27.2. The van der Waals surface area contributed by atoms with Crippen LogP contribution < -0.4 is 0 Å². The number of hydrogen-bond donors (Lipinski definition) is 1. The summed E-state index contributed by atoms with van der Waals surface area (Å²) in [6.07, 6.45) is 3.61. The number of benzene rings is 1. The number of fused-ring (bicyclic) bond motifs is 1. The summed E-state index contributed by atoms with van der Waals surface area (Å²) in [6.45, 7) is 6.85. The van der Waals surface area contributed by atoms with Crippen molar-refractivity contribution in [1.29, 1.82) is 0 Å². The van der Waals surface area contributed by atoms with Gasteiger partial charge in [-0.2, -0.15) is 0 Å². The van der Waals surface area contributed by atoms with E-state index in [1.807, 2.05) is 24.3 Å². The first-order valence-corrected chi connectivity index (χ1v) is 8.08. The average Bonchev–Trinajstić information content (AvgIpc) is 2.81. The Morgan fingerprint density at radius 3 is 2.48 bits per heavy atom. The Bertz CT molecular complexity index is 643. The second-order valence-electron chi connectivity index (χ2n) is 7.46. The Kier molecular flexibility index (Phi) is 3.58. The van der Waals surface area contributed by atoms with E-state index in [0.717, 1.165) is 36.7 Å². The van der Waals surface area contributed by atoms with Crippen LogP contribution in [0.4, 0.5) is 0 Å². The van der Waals surface area contributed by atoms with Crippen molar-refractivity contribution >= 4 is 22.6 Å². The van der Waals surface area contributed by atoms with Gasteiger partial charge in [0.15, 0.2) is 0 Å². The Morgan fingerprint density at radius 1 is 1.19 bits per heavy atom. The molecule has 2 aromatic rings. The van der Waals surface area contributed by atoms with Crippen molar-refractivity contribution in [3.63, 3.8) is 0 Å². The van der Waals surface area contributed by atoms with Crippen LogP contribution in [0.5, 0.6) is 0 Å². The van der Waals surface area contributed by atoms with Gasteiger partial charge in [-0.05, 0) is 61.3 Å². The fraction of sp³-hybridized carbons (Fsp3) is 0.556. The molecule has 0 saturated heterocycles. The van der Waals surface area contributed by atoms with E-state index in [9.17, 15) is 5.11 Å². The first-order chi connectivity index (χ1) is 9.78. The van der Waals surface area contributed by atoms with Gasteiger partial charge >= 0.3 is 0 Å². The second kappa shape index (κ2) is 5.03. The minimum atomic E-state index is -0.826. The maximum absolute atomic E-state index is 11.0. The van der Waals surface area contributed by atoms with Gasteiger partial charge in [0, 0.05) is 10.4 Å². The SMILES string of the molecule is CC(C)(C)C1CCC(O)(c2cc3cc(Cl)ccc3o2)CC1. The number of aliphatic hydroxyl groups is 1. The molecular weight excluding hydrogens is 284 g/mol. The third-order valence-electron chi connectivity index (χ3n) is 4.97. The number of rotatable bonds is 1. The van der Waals surface area contributed by atoms with Gasteiger partial charge in [0.1, 0.15) is 16.9 Å². The van der Waals surface area contributed by atoms with Crippen LogP contribution in [0.25, 0.3) is 11.0 Å². The molecule has 0 spiro atoms. The minimum absolute atomic E-state index is 0.308. The molecule has 2 nitrogen and oxygen atoms in total. The van der Waals surface area contributed by atoms with Crippen molar-refractivity contribution in [2.24, 2.45) is 11.3 Å². The largest absolute Gasteiger partial charge is 0.458 e. The van der Waals surface area contributed by atoms with Crippen molar-refractivity contribution in [3.8, 4) is 0 Å². The zero-order chi connectivity index (χ0) is 15.3. The molecular formula is C18H23ClO2. The van der Waals surface area contributed by atoms with Crippen LogP contribution >= 0.6 is 11.6 Å². The van der Waals surface area contributed by atoms with E-state index in [4.69, 9.17) is 16.0 Å². The van der Waals surface area contributed by atoms with Crippen LogP contribution in [-0.2, 0) is 5.60 Å². The first-order valence-electron chi connectivity index (χ1n) is 7.70. The van der Waals surface area contributed by atoms with Crippen LogP contribution in [-0.4, -0.2) is 5.11 Å². The van der Waals surface area contributed by atoms with Gasteiger partial charge in [-0.1, -0.05) is 32.4 Å². The number of halogens is 1. The number of hydrogen-bond acceptors (Lipinski definition) is 2. The van der Waals surface area contributed by atoms with Gasteiger partial charge < -0.3 is 9.52 Å². The molecule has 1 heterocycles. The number of furan rings is 1. The monoisotopic (exact) mass is 306 g/mol. The maximum atomic E-state index is 11.0. The van der Waals surface area contributed by atoms with Gasteiger partial charge in [0.25, 0.3) is 0 Å². The zero-order valence-corrected chi connectivity index (χ0v) is 13.7. The molecule has 1 aliphatic rings. The van der Waals surface area contributed by atoms with Crippen LogP contribution in [0.3, 0.4) is 0 Å². The molecule has 0 atom stereocenters. The van der Waals surface area contributed by atoms with Gasteiger partial charge in [0.05, 0.1) is 0 Å². The molecule has 0 aliphatic heterocycles. The van der Waals surface area contributed by atoms with Crippen molar-refractivity contribution in [2.75, 3.05) is 0 Å². The third kappa shape index (κ3) is 2.84. The van der Waals surface area contributed by atoms with Gasteiger partial charge in [0.2, 0.25) is 0 Å². The lowest BCUT2D eigenvalue weighted by molar-refractivity contribution is -0.0444. The summed E-state index contributed by atoms with van der Waals surface area (Å²) in [5, 5.41) is 12.6. The van der Waals surface area contributed by atoms with E-state index < -0.39 is 5.60 Å². The molecule has 3 heteroatoms. The molecule has 0 bridgehead atoms. The van der Waals surface area contributed by atoms with Gasteiger partial charge in [-0.3, -0.25) is 0 Å². The summed E-state index contributed by atoms with van der Waals surface area (Å²) in [4.78, 5) is 0. The zero-order valence-electron chi connectivity index (χ0n) is 12.9. The molecule has 1 aromatic carbocycles. The average molecular weight is 307 g/mol. The van der Waals surface area contributed by atoms with E-state index >= 15 is 0 Å². The Morgan fingerprint density at radius 2 is 1.86 bits per heavy atom. The van der Waals surface area contributed by atoms with Crippen molar-refractivity contribution in [2.45, 2.75) is 52.1 Å². The Labute approximate surface area is 131 Å². The first kappa shape index (κ1) is 14.9. The third-order valence-corrected chi connectivity index (χ3v) is 5.21. The van der Waals surface area contributed by atoms with Crippen LogP contribution in [0.2, 0.25) is 5.02 Å². The van der Waals surface area contributed by atoms with Crippen LogP contribution in [0.15, 0.2) is 28.7 Å². The lowest BCUT2D eigenvalue weighted by Gasteiger charge is -2.40. The highest BCUT2D eigenvalue weighted by molar-refractivity contribution is 6.31. The lowest BCUT2D eigenvalue weighted by atomic mass is 9.68. The van der Waals surface area contributed by atoms with Crippen LogP contribution in [0, 0.1) is 11.3 Å². The molecule has 1 aliphatic carbocycles. The van der Waals surface area contributed by atoms with Crippen LogP contribution in [0.1, 0.15) is 52.2 Å². The molecule has 0 radical (unpaired) electrons. The predicted octanol–water partition coefficient (Wildman–Crippen LogP) is 5.51. The topological polar surface area (TPSA) is 33.4 Å². The highest BCUT2D eigenvalue weighted by Crippen LogP contribution is 2.46. The molecule has 1 N–H and O–H groups in total. The van der Waals surface area contributed by atoms with E-state index in [-0.39, 0.29) is 0 Å². The standard InChI is InChI=1S/C18H23ClO2/c1-17(2,3)13-6-8-18(20,9-7-13)16-11-12-10-14(19)4-5-15(12)21-16/h4-5,10-11,13,20H,6-9H2,1-3H3. The summed E-state index contributed by atoms with van der Waals surface area (Å²) in [5.41, 5.74) is 0.275. The highest BCUT2D eigenvalue weighted by Gasteiger charge is 2.40. The lowest BCUT2D eigenvalue weighted by Crippen LogP contribution is -2.35. The molecule has 3 rings (SSSR count). The van der Waals surface area contributed by atoms with Crippen molar-refractivity contribution in [1.82, 2.24) is 0 Å². The molecule has 1 aromatic heterocycles. The minimum Gasteiger partial charge on any atom is -0.458 e. The smallest absolute Gasteiger partial charge is 0.136 e. The Hall–Kier alpha value is -0.990. The quantitative estimate of drug-likeness (QED) is 0.753. The van der Waals surface area contributed by atoms with Gasteiger partial charge in [-0.15, -0.1) is 0 Å². The Balaban J connectivity index is 1.85. The summed E-state index contributed by atoms with van der Waals surface area (Å²) < 4.78 is 5.88. The summed E-state index contributed by atoms with van der Waals surface area (Å²) in [7, 11) is 0. The fourth-order valence-electron chi connectivity index (χ4n) is 3.45. The molecule has 1 fully saturated rings. The van der Waals surface area contributed by atoms with E-state index in [2.05, 4.69) is 20.8 Å². The summed E-state index contributed by atoms with van der Waals surface area (Å²) in [6, 6.07) is 7.51. The second-order valence-corrected chi connectivity index (χ2v) is 7.90. The van der Waals surface area contributed by atoms with E-state index in [0.29, 0.717) is 22.1 Å². The molecule has 114 valence electrons. The van der Waals surface area contributed by atoms with Gasteiger partial charge in [-0.25, -0.2) is 0 Å². The highest BCUT2D eigenvalue weighted by atomic mass is 35.5. The maximum Gasteiger partial charge on any atom is 0.136 e. The van der Waals surface area contributed by atoms with E-state index in [1.54, 1.807) is 0 Å². The fourth-order valence-corrected chi connectivity index (χ4v) is 3.63. The summed E-state index contributed by atoms with van der Waals surface area (Å²) in [5.74, 6) is 1.35. The predicted molar refractivity (Wildman–Crippen MR) is 86.5 cm³/mol. The van der Waals surface area contributed by atoms with E-state index in [1.165, 1.54) is 0 Å². The molecule has 21 heavy (non-hydrogen) atoms. The van der Waals surface area contributed by atoms with Crippen molar-refractivity contribution in [3.05, 3.63) is 35.0 Å². The summed E-state index contributed by atoms with van der Waals surface area (Å²) >= 11 is 6.01. The molecule has 0 unspecified atom stereocenters. The molecule has 0 amide bonds. The molecule has 1 saturated carbocycles. The van der Waals surface area contributed by atoms with Crippen molar-refractivity contribution < 1.29 is 9.52 Å².